The number of rotatable bonds is 5. The van der Waals surface area contributed by atoms with E-state index in [1.54, 1.807) is 17.0 Å². The van der Waals surface area contributed by atoms with Crippen molar-refractivity contribution < 1.29 is 9.18 Å². The summed E-state index contributed by atoms with van der Waals surface area (Å²) in [4.78, 5) is 24.4. The molecular formula is C18H19FN6OS. The number of hydrogen-bond acceptors (Lipinski definition) is 7. The summed E-state index contributed by atoms with van der Waals surface area (Å²) in [5.74, 6) is 0.119. The molecule has 0 atom stereocenters. The van der Waals surface area contributed by atoms with Crippen LogP contribution in [0.3, 0.4) is 0 Å². The van der Waals surface area contributed by atoms with Crippen molar-refractivity contribution in [3.05, 3.63) is 47.4 Å². The zero-order chi connectivity index (χ0) is 19.2. The van der Waals surface area contributed by atoms with Crippen LogP contribution in [0, 0.1) is 17.1 Å². The summed E-state index contributed by atoms with van der Waals surface area (Å²) in [6.07, 6.45) is 1.36. The molecule has 1 aromatic carbocycles. The summed E-state index contributed by atoms with van der Waals surface area (Å²) < 4.78 is 13.8. The Bertz CT molecular complexity index is 863. The molecule has 0 spiro atoms. The first-order valence-electron chi connectivity index (χ1n) is 8.46. The van der Waals surface area contributed by atoms with Gasteiger partial charge in [-0.25, -0.2) is 14.4 Å². The topological polar surface area (TPSA) is 99.1 Å². The highest BCUT2D eigenvalue weighted by molar-refractivity contribution is 7.99. The molecule has 2 N–H and O–H groups in total. The van der Waals surface area contributed by atoms with Gasteiger partial charge in [-0.1, -0.05) is 30.0 Å². The average Bonchev–Trinajstić information content (AvgIpc) is 2.68. The molecule has 2 heterocycles. The van der Waals surface area contributed by atoms with Gasteiger partial charge in [0, 0.05) is 38.3 Å². The second kappa shape index (κ2) is 8.79. The Balaban J connectivity index is 1.46. The molecule has 1 fully saturated rings. The van der Waals surface area contributed by atoms with Gasteiger partial charge in [-0.3, -0.25) is 9.69 Å². The molecule has 9 heteroatoms. The van der Waals surface area contributed by atoms with E-state index in [2.05, 4.69) is 14.9 Å². The van der Waals surface area contributed by atoms with Gasteiger partial charge in [-0.15, -0.1) is 0 Å². The lowest BCUT2D eigenvalue weighted by Crippen LogP contribution is -2.48. The lowest BCUT2D eigenvalue weighted by Gasteiger charge is -2.34. The summed E-state index contributed by atoms with van der Waals surface area (Å²) in [5.41, 5.74) is 6.54. The van der Waals surface area contributed by atoms with Crippen molar-refractivity contribution in [1.29, 1.82) is 5.26 Å². The van der Waals surface area contributed by atoms with E-state index < -0.39 is 0 Å². The molecule has 27 heavy (non-hydrogen) atoms. The molecule has 2 aromatic rings. The van der Waals surface area contributed by atoms with Gasteiger partial charge in [-0.05, 0) is 6.07 Å². The molecule has 0 aliphatic carbocycles. The van der Waals surface area contributed by atoms with E-state index in [0.717, 1.165) is 0 Å². The largest absolute Gasteiger partial charge is 0.382 e. The molecule has 1 aromatic heterocycles. The van der Waals surface area contributed by atoms with Crippen molar-refractivity contribution in [2.75, 3.05) is 37.7 Å². The van der Waals surface area contributed by atoms with Crippen molar-refractivity contribution >= 4 is 23.5 Å². The lowest BCUT2D eigenvalue weighted by molar-refractivity contribution is -0.130. The Morgan fingerprint density at radius 2 is 2.04 bits per heavy atom. The quantitative estimate of drug-likeness (QED) is 0.614. The van der Waals surface area contributed by atoms with Crippen LogP contribution in [0.4, 0.5) is 10.2 Å². The first kappa shape index (κ1) is 19.1. The number of nitrogens with zero attached hydrogens (tertiary/aromatic N) is 5. The third-order valence-electron chi connectivity index (χ3n) is 4.32. The van der Waals surface area contributed by atoms with Crippen LogP contribution in [0.1, 0.15) is 11.1 Å². The molecule has 1 saturated heterocycles. The number of nitrogens with two attached hydrogens (primary N) is 1. The summed E-state index contributed by atoms with van der Waals surface area (Å²) in [6.45, 7) is 3.15. The van der Waals surface area contributed by atoms with Crippen LogP contribution in [0.15, 0.2) is 35.6 Å². The van der Waals surface area contributed by atoms with Crippen LogP contribution in [0.5, 0.6) is 0 Å². The minimum atomic E-state index is -0.200. The van der Waals surface area contributed by atoms with Gasteiger partial charge in [0.05, 0.1) is 11.9 Å². The Hall–Kier alpha value is -2.70. The Morgan fingerprint density at radius 3 is 2.70 bits per heavy atom. The van der Waals surface area contributed by atoms with Crippen LogP contribution in [0.2, 0.25) is 0 Å². The number of halogens is 1. The second-order valence-corrected chi connectivity index (χ2v) is 7.04. The molecule has 1 aliphatic heterocycles. The number of carbonyl (C=O) groups excluding carboxylic acids is 1. The third-order valence-corrected chi connectivity index (χ3v) is 5.16. The highest BCUT2D eigenvalue weighted by atomic mass is 32.2. The van der Waals surface area contributed by atoms with Crippen LogP contribution < -0.4 is 5.73 Å². The number of carbonyl (C=O) groups is 1. The zero-order valence-corrected chi connectivity index (χ0v) is 15.5. The van der Waals surface area contributed by atoms with Crippen LogP contribution in [-0.4, -0.2) is 57.6 Å². The molecule has 0 bridgehead atoms. The zero-order valence-electron chi connectivity index (χ0n) is 14.6. The summed E-state index contributed by atoms with van der Waals surface area (Å²) in [7, 11) is 0. The van der Waals surface area contributed by atoms with E-state index in [0.29, 0.717) is 43.4 Å². The number of benzene rings is 1. The predicted molar refractivity (Wildman–Crippen MR) is 100 cm³/mol. The molecular weight excluding hydrogens is 367 g/mol. The van der Waals surface area contributed by atoms with Crippen molar-refractivity contribution in [2.45, 2.75) is 11.7 Å². The number of thioether (sulfide) groups is 1. The fourth-order valence-electron chi connectivity index (χ4n) is 2.77. The van der Waals surface area contributed by atoms with Crippen molar-refractivity contribution in [3.63, 3.8) is 0 Å². The molecule has 140 valence electrons. The molecule has 7 nitrogen and oxygen atoms in total. The lowest BCUT2D eigenvalue weighted by atomic mass is 10.2. The van der Waals surface area contributed by atoms with E-state index in [1.165, 1.54) is 24.0 Å². The number of amides is 1. The minimum Gasteiger partial charge on any atom is -0.382 e. The van der Waals surface area contributed by atoms with Gasteiger partial charge in [0.2, 0.25) is 5.91 Å². The fourth-order valence-corrected chi connectivity index (χ4v) is 3.50. The van der Waals surface area contributed by atoms with E-state index in [4.69, 9.17) is 11.0 Å². The predicted octanol–water partition coefficient (Wildman–Crippen LogP) is 1.51. The van der Waals surface area contributed by atoms with Crippen molar-refractivity contribution in [2.24, 2.45) is 0 Å². The van der Waals surface area contributed by atoms with Gasteiger partial charge < -0.3 is 10.6 Å². The number of anilines is 1. The van der Waals surface area contributed by atoms with E-state index in [-0.39, 0.29) is 28.9 Å². The van der Waals surface area contributed by atoms with Gasteiger partial charge in [0.15, 0.2) is 5.16 Å². The SMILES string of the molecule is N#Cc1cnc(SCC(=O)N2CCN(Cc3ccccc3F)CC2)nc1N. The van der Waals surface area contributed by atoms with Gasteiger partial charge in [0.1, 0.15) is 23.3 Å². The van der Waals surface area contributed by atoms with Gasteiger partial charge in [-0.2, -0.15) is 5.26 Å². The second-order valence-electron chi connectivity index (χ2n) is 6.10. The number of hydrogen-bond donors (Lipinski definition) is 1. The van der Waals surface area contributed by atoms with Crippen LogP contribution >= 0.6 is 11.8 Å². The van der Waals surface area contributed by atoms with Gasteiger partial charge in [0.25, 0.3) is 0 Å². The first-order chi connectivity index (χ1) is 13.1. The fraction of sp³-hybridized carbons (Fsp3) is 0.333. The maximum absolute atomic E-state index is 13.8. The van der Waals surface area contributed by atoms with Crippen LogP contribution in [-0.2, 0) is 11.3 Å². The molecule has 0 radical (unpaired) electrons. The van der Waals surface area contributed by atoms with Crippen LogP contribution in [0.25, 0.3) is 0 Å². The summed E-state index contributed by atoms with van der Waals surface area (Å²) >= 11 is 1.19. The van der Waals surface area contributed by atoms with E-state index >= 15 is 0 Å². The summed E-state index contributed by atoms with van der Waals surface area (Å²) in [5, 5.41) is 9.20. The normalized spacial score (nSPS) is 14.7. The number of nitrogen functional groups attached to an aromatic ring is 1. The van der Waals surface area contributed by atoms with E-state index in [9.17, 15) is 9.18 Å². The highest BCUT2D eigenvalue weighted by Gasteiger charge is 2.22. The Morgan fingerprint density at radius 1 is 1.30 bits per heavy atom. The highest BCUT2D eigenvalue weighted by Crippen LogP contribution is 2.17. The number of nitriles is 1. The van der Waals surface area contributed by atoms with Gasteiger partial charge >= 0.3 is 0 Å². The Kier molecular flexibility index (Phi) is 6.21. The maximum atomic E-state index is 13.8. The standard InChI is InChI=1S/C18H19FN6OS/c19-15-4-2-1-3-13(15)11-24-5-7-25(8-6-24)16(26)12-27-18-22-10-14(9-20)17(21)23-18/h1-4,10H,5-8,11-12H2,(H2,21,22,23). The smallest absolute Gasteiger partial charge is 0.233 e. The summed E-state index contributed by atoms with van der Waals surface area (Å²) in [6, 6.07) is 8.65. The maximum Gasteiger partial charge on any atom is 0.233 e. The number of aromatic nitrogens is 2. The van der Waals surface area contributed by atoms with Crippen molar-refractivity contribution in [3.8, 4) is 6.07 Å². The minimum absolute atomic E-state index is 0.00271. The molecule has 3 rings (SSSR count). The van der Waals surface area contributed by atoms with E-state index in [1.807, 2.05) is 12.1 Å². The molecule has 1 amide bonds. The number of piperazine rings is 1. The van der Waals surface area contributed by atoms with Crippen molar-refractivity contribution in [1.82, 2.24) is 19.8 Å². The molecule has 1 aliphatic rings. The molecule has 0 saturated carbocycles. The average molecular weight is 386 g/mol. The third kappa shape index (κ3) is 4.93. The molecule has 0 unspecified atom stereocenters. The first-order valence-corrected chi connectivity index (χ1v) is 9.44. The Labute approximate surface area is 161 Å². The monoisotopic (exact) mass is 386 g/mol.